The standard InChI is InChI=1S/C56H32N4/c57-33-34-23-25-36(26-24-34)43-17-5-7-19-48(43)56-59-54(58-55(60-56)47-18-6-4-16-42(47)35-11-2-1-3-12-35)41-31-40-30-29-39-14-9-21-45-44-20-8-13-37-27-28-38-15-10-22-46(52(38)50(37)44)49(32-41)53(40)51(39)45/h1-32H. The van der Waals surface area contributed by atoms with Gasteiger partial charge in [0.15, 0.2) is 17.5 Å². The molecule has 4 heteroatoms. The summed E-state index contributed by atoms with van der Waals surface area (Å²) in [5.41, 5.74) is 7.39. The summed E-state index contributed by atoms with van der Waals surface area (Å²) >= 11 is 0. The molecule has 0 saturated heterocycles. The van der Waals surface area contributed by atoms with Crippen LogP contribution < -0.4 is 0 Å². The molecule has 11 aromatic carbocycles. The van der Waals surface area contributed by atoms with E-state index in [0.717, 1.165) is 49.7 Å². The van der Waals surface area contributed by atoms with Crippen LogP contribution in [0.5, 0.6) is 0 Å². The molecule has 276 valence electrons. The van der Waals surface area contributed by atoms with E-state index in [0.29, 0.717) is 23.0 Å². The fourth-order valence-electron chi connectivity index (χ4n) is 9.36. The van der Waals surface area contributed by atoms with Crippen LogP contribution >= 0.6 is 0 Å². The predicted molar refractivity (Wildman–Crippen MR) is 248 cm³/mol. The Morgan fingerprint density at radius 1 is 0.300 bits per heavy atom. The van der Waals surface area contributed by atoms with Crippen LogP contribution in [0, 0.1) is 11.3 Å². The Kier molecular flexibility index (Phi) is 7.57. The summed E-state index contributed by atoms with van der Waals surface area (Å²) in [7, 11) is 0. The zero-order valence-corrected chi connectivity index (χ0v) is 32.3. The minimum absolute atomic E-state index is 0.571. The second-order valence-corrected chi connectivity index (χ2v) is 15.4. The largest absolute Gasteiger partial charge is 0.208 e. The number of benzene rings is 10. The topological polar surface area (TPSA) is 62.5 Å². The highest BCUT2D eigenvalue weighted by molar-refractivity contribution is 6.37. The van der Waals surface area contributed by atoms with Crippen LogP contribution in [0.1, 0.15) is 5.56 Å². The van der Waals surface area contributed by atoms with Gasteiger partial charge < -0.3 is 0 Å². The number of hydrogen-bond acceptors (Lipinski definition) is 4. The Bertz CT molecular complexity index is 3710. The van der Waals surface area contributed by atoms with Crippen LogP contribution in [0.3, 0.4) is 0 Å². The SMILES string of the molecule is N#Cc1ccc(-c2ccccc2-c2nc(-c3cc4ccc5cccc6c7cccc8ccc9cccc(c(c3)c4c56)c9c87)nc(-c3ccccc3-c3ccccc3)n2)cc1. The normalized spacial score (nSPS) is 11.7. The molecule has 60 heavy (non-hydrogen) atoms. The molecular formula is C56H32N4. The van der Waals surface area contributed by atoms with E-state index in [9.17, 15) is 5.26 Å². The minimum Gasteiger partial charge on any atom is -0.208 e. The van der Waals surface area contributed by atoms with E-state index in [4.69, 9.17) is 15.0 Å². The maximum atomic E-state index is 9.55. The van der Waals surface area contributed by atoms with Gasteiger partial charge in [0.1, 0.15) is 0 Å². The summed E-state index contributed by atoms with van der Waals surface area (Å²) < 4.78 is 0. The first-order valence-corrected chi connectivity index (χ1v) is 20.2. The molecule has 12 aromatic rings. The Labute approximate surface area is 345 Å². The van der Waals surface area contributed by atoms with Crippen molar-refractivity contribution in [1.82, 2.24) is 15.0 Å². The van der Waals surface area contributed by atoms with Gasteiger partial charge in [0.2, 0.25) is 0 Å². The number of fused-ring (bicyclic) bond motifs is 2. The monoisotopic (exact) mass is 760 g/mol. The highest BCUT2D eigenvalue weighted by Crippen LogP contribution is 2.45. The van der Waals surface area contributed by atoms with Crippen LogP contribution in [-0.2, 0) is 0 Å². The molecule has 0 aliphatic heterocycles. The number of nitriles is 1. The Morgan fingerprint density at radius 2 is 0.733 bits per heavy atom. The quantitative estimate of drug-likeness (QED) is 0.164. The first-order valence-electron chi connectivity index (χ1n) is 20.2. The second-order valence-electron chi connectivity index (χ2n) is 15.4. The molecule has 1 heterocycles. The van der Waals surface area contributed by atoms with Crippen LogP contribution in [0.15, 0.2) is 194 Å². The zero-order chi connectivity index (χ0) is 39.7. The lowest BCUT2D eigenvalue weighted by Gasteiger charge is -2.17. The zero-order valence-electron chi connectivity index (χ0n) is 32.3. The molecule has 0 aliphatic rings. The summed E-state index contributed by atoms with van der Waals surface area (Å²) in [4.78, 5) is 16.0. The van der Waals surface area contributed by atoms with Crippen molar-refractivity contribution in [2.75, 3.05) is 0 Å². The molecule has 0 unspecified atom stereocenters. The number of aromatic nitrogens is 3. The van der Waals surface area contributed by atoms with Crippen molar-refractivity contribution in [3.8, 4) is 62.5 Å². The second kappa shape index (κ2) is 13.4. The molecule has 0 N–H and O–H groups in total. The Morgan fingerprint density at radius 3 is 1.27 bits per heavy atom. The van der Waals surface area contributed by atoms with Crippen molar-refractivity contribution < 1.29 is 0 Å². The van der Waals surface area contributed by atoms with Gasteiger partial charge in [-0.2, -0.15) is 5.26 Å². The van der Waals surface area contributed by atoms with E-state index in [1.54, 1.807) is 0 Å². The third-order valence-corrected chi connectivity index (χ3v) is 12.1. The highest BCUT2D eigenvalue weighted by atomic mass is 15.0. The van der Waals surface area contributed by atoms with Crippen LogP contribution in [0.4, 0.5) is 0 Å². The van der Waals surface area contributed by atoms with Crippen molar-refractivity contribution in [3.63, 3.8) is 0 Å². The molecule has 0 atom stereocenters. The van der Waals surface area contributed by atoms with Gasteiger partial charge in [0, 0.05) is 16.7 Å². The number of nitrogens with zero attached hydrogens (tertiary/aromatic N) is 4. The van der Waals surface area contributed by atoms with Crippen LogP contribution in [0.25, 0.3) is 121 Å². The van der Waals surface area contributed by atoms with Gasteiger partial charge in [0.05, 0.1) is 11.6 Å². The molecule has 12 rings (SSSR count). The lowest BCUT2D eigenvalue weighted by atomic mass is 9.87. The first-order chi connectivity index (χ1) is 29.7. The van der Waals surface area contributed by atoms with Crippen molar-refractivity contribution in [2.45, 2.75) is 0 Å². The molecule has 0 fully saturated rings. The molecule has 0 bridgehead atoms. The van der Waals surface area contributed by atoms with Crippen LogP contribution in [0.2, 0.25) is 0 Å². The van der Waals surface area contributed by atoms with Gasteiger partial charge in [-0.1, -0.05) is 170 Å². The van der Waals surface area contributed by atoms with Gasteiger partial charge in [0.25, 0.3) is 0 Å². The Hall–Kier alpha value is -8.26. The molecule has 4 nitrogen and oxygen atoms in total. The fourth-order valence-corrected chi connectivity index (χ4v) is 9.36. The summed E-state index contributed by atoms with van der Waals surface area (Å²) in [5, 5.41) is 24.1. The summed E-state index contributed by atoms with van der Waals surface area (Å²) in [5.74, 6) is 1.75. The number of hydrogen-bond donors (Lipinski definition) is 0. The first kappa shape index (κ1) is 33.8. The molecule has 0 radical (unpaired) electrons. The molecule has 0 aliphatic carbocycles. The van der Waals surface area contributed by atoms with Gasteiger partial charge in [-0.3, -0.25) is 0 Å². The summed E-state index contributed by atoms with van der Waals surface area (Å²) in [6.45, 7) is 0. The van der Waals surface area contributed by atoms with E-state index < -0.39 is 0 Å². The van der Waals surface area contributed by atoms with E-state index in [1.165, 1.54) is 53.9 Å². The molecule has 0 saturated carbocycles. The Balaban J connectivity index is 1.20. The molecule has 0 spiro atoms. The van der Waals surface area contributed by atoms with E-state index in [1.807, 2.05) is 48.5 Å². The molecular weight excluding hydrogens is 729 g/mol. The van der Waals surface area contributed by atoms with Gasteiger partial charge in [-0.05, 0) is 111 Å². The average Bonchev–Trinajstić information content (AvgIpc) is 3.32. The third-order valence-electron chi connectivity index (χ3n) is 12.1. The van der Waals surface area contributed by atoms with E-state index in [-0.39, 0.29) is 0 Å². The smallest absolute Gasteiger partial charge is 0.164 e. The van der Waals surface area contributed by atoms with Gasteiger partial charge >= 0.3 is 0 Å². The lowest BCUT2D eigenvalue weighted by Crippen LogP contribution is -2.02. The maximum Gasteiger partial charge on any atom is 0.164 e. The highest BCUT2D eigenvalue weighted by Gasteiger charge is 2.21. The number of rotatable bonds is 5. The van der Waals surface area contributed by atoms with Crippen molar-refractivity contribution in [2.24, 2.45) is 0 Å². The summed E-state index contributed by atoms with van der Waals surface area (Å²) in [6.07, 6.45) is 0. The maximum absolute atomic E-state index is 9.55. The van der Waals surface area contributed by atoms with Crippen molar-refractivity contribution >= 4 is 64.6 Å². The van der Waals surface area contributed by atoms with Crippen molar-refractivity contribution in [1.29, 1.82) is 5.26 Å². The minimum atomic E-state index is 0.571. The average molecular weight is 761 g/mol. The van der Waals surface area contributed by atoms with E-state index in [2.05, 4.69) is 152 Å². The third kappa shape index (κ3) is 5.27. The predicted octanol–water partition coefficient (Wildman–Crippen LogP) is 14.4. The molecule has 0 amide bonds. The lowest BCUT2D eigenvalue weighted by molar-refractivity contribution is 1.08. The van der Waals surface area contributed by atoms with Gasteiger partial charge in [-0.25, -0.2) is 15.0 Å². The van der Waals surface area contributed by atoms with Crippen LogP contribution in [-0.4, -0.2) is 15.0 Å². The van der Waals surface area contributed by atoms with Gasteiger partial charge in [-0.15, -0.1) is 0 Å². The summed E-state index contributed by atoms with van der Waals surface area (Å²) in [6, 6.07) is 70.5. The van der Waals surface area contributed by atoms with E-state index >= 15 is 0 Å². The fraction of sp³-hybridized carbons (Fsp3) is 0. The van der Waals surface area contributed by atoms with Crippen molar-refractivity contribution in [3.05, 3.63) is 200 Å². The molecule has 1 aromatic heterocycles.